The second kappa shape index (κ2) is 4.62. The average Bonchev–Trinajstić information content (AvgIpc) is 2.82. The van der Waals surface area contributed by atoms with Gasteiger partial charge < -0.3 is 25.0 Å². The highest BCUT2D eigenvalue weighted by atomic mass is 32.1. The molecule has 0 amide bonds. The maximum atomic E-state index is 9.97. The lowest BCUT2D eigenvalue weighted by molar-refractivity contribution is -0.210. The largest absolute Gasteiger partial charge is 0.388 e. The van der Waals surface area contributed by atoms with Gasteiger partial charge in [0.25, 0.3) is 0 Å². The molecule has 19 heavy (non-hydrogen) atoms. The molecule has 4 N–H and O–H groups in total. The van der Waals surface area contributed by atoms with Crippen LogP contribution in [0.2, 0.25) is 0 Å². The Labute approximate surface area is 112 Å². The molecule has 0 aromatic carbocycles. The molecule has 0 spiro atoms. The van der Waals surface area contributed by atoms with E-state index in [-0.39, 0.29) is 6.61 Å². The van der Waals surface area contributed by atoms with E-state index in [2.05, 4.69) is 15.0 Å². The Balaban J connectivity index is 2.05. The van der Waals surface area contributed by atoms with Crippen LogP contribution in [0.3, 0.4) is 0 Å². The van der Waals surface area contributed by atoms with E-state index < -0.39 is 24.5 Å². The van der Waals surface area contributed by atoms with Crippen molar-refractivity contribution in [2.75, 3.05) is 6.61 Å². The third-order valence-electron chi connectivity index (χ3n) is 3.13. The molecule has 1 unspecified atom stereocenters. The van der Waals surface area contributed by atoms with Gasteiger partial charge in [0.15, 0.2) is 10.9 Å². The summed E-state index contributed by atoms with van der Waals surface area (Å²) in [7, 11) is 0. The number of hydrogen-bond acceptors (Lipinski definition) is 7. The molecule has 2 aromatic rings. The third kappa shape index (κ3) is 1.95. The van der Waals surface area contributed by atoms with Gasteiger partial charge in [-0.25, -0.2) is 9.97 Å². The van der Waals surface area contributed by atoms with Crippen LogP contribution < -0.4 is 0 Å². The fourth-order valence-electron chi connectivity index (χ4n) is 2.10. The number of nitrogens with one attached hydrogen (secondary N) is 1. The van der Waals surface area contributed by atoms with E-state index in [0.717, 1.165) is 0 Å². The van der Waals surface area contributed by atoms with Gasteiger partial charge in [-0.1, -0.05) is 12.2 Å². The van der Waals surface area contributed by atoms with Gasteiger partial charge in [-0.3, -0.25) is 4.57 Å². The minimum absolute atomic E-state index is 0.0750. The van der Waals surface area contributed by atoms with Gasteiger partial charge in [0.1, 0.15) is 29.5 Å². The minimum Gasteiger partial charge on any atom is -0.388 e. The normalized spacial score (nSPS) is 31.7. The van der Waals surface area contributed by atoms with Crippen LogP contribution in [0.15, 0.2) is 12.7 Å². The van der Waals surface area contributed by atoms with Crippen LogP contribution in [0.1, 0.15) is 6.23 Å². The van der Waals surface area contributed by atoms with Crippen molar-refractivity contribution in [3.8, 4) is 0 Å². The molecule has 8 nitrogen and oxygen atoms in total. The molecule has 102 valence electrons. The molecular weight excluding hydrogens is 272 g/mol. The molecule has 4 atom stereocenters. The lowest BCUT2D eigenvalue weighted by atomic mass is 10.0. The summed E-state index contributed by atoms with van der Waals surface area (Å²) in [5, 5.41) is 29.1. The van der Waals surface area contributed by atoms with Crippen LogP contribution in [0.25, 0.3) is 11.2 Å². The molecule has 1 aliphatic rings. The number of nitrogens with zero attached hydrogens (tertiary/aromatic N) is 3. The first kappa shape index (κ1) is 12.6. The highest BCUT2D eigenvalue weighted by molar-refractivity contribution is 7.71. The van der Waals surface area contributed by atoms with Crippen molar-refractivity contribution in [3.63, 3.8) is 0 Å². The molecule has 1 saturated heterocycles. The quantitative estimate of drug-likeness (QED) is 0.501. The van der Waals surface area contributed by atoms with Crippen molar-refractivity contribution >= 4 is 23.4 Å². The summed E-state index contributed by atoms with van der Waals surface area (Å²) in [4.78, 5) is 10.9. The van der Waals surface area contributed by atoms with Gasteiger partial charge in [0, 0.05) is 0 Å². The Kier molecular flexibility index (Phi) is 3.07. The second-order valence-electron chi connectivity index (χ2n) is 4.33. The second-order valence-corrected chi connectivity index (χ2v) is 4.72. The Morgan fingerprint density at radius 1 is 1.32 bits per heavy atom. The van der Waals surface area contributed by atoms with Crippen LogP contribution in [-0.2, 0) is 4.74 Å². The van der Waals surface area contributed by atoms with E-state index in [1.165, 1.54) is 17.2 Å². The van der Waals surface area contributed by atoms with Gasteiger partial charge >= 0.3 is 0 Å². The molecule has 9 heteroatoms. The van der Waals surface area contributed by atoms with Gasteiger partial charge in [0.2, 0.25) is 0 Å². The maximum Gasteiger partial charge on any atom is 0.165 e. The van der Waals surface area contributed by atoms with Crippen LogP contribution in [0.5, 0.6) is 0 Å². The Morgan fingerprint density at radius 3 is 2.89 bits per heavy atom. The summed E-state index contributed by atoms with van der Waals surface area (Å²) < 4.78 is 7.21. The fraction of sp³-hybridized carbons (Fsp3) is 0.500. The number of fused-ring (bicyclic) bond motifs is 1. The van der Waals surface area contributed by atoms with Gasteiger partial charge in [-0.2, -0.15) is 0 Å². The summed E-state index contributed by atoms with van der Waals surface area (Å²) in [5.74, 6) is 0. The SMILES string of the molecule is O[C@@H]1[C@H](O)COC(n2cnc3c(=S)nc[nH]c32)[C@H]1O. The number of aromatic amines is 1. The zero-order valence-electron chi connectivity index (χ0n) is 9.67. The van der Waals surface area contributed by atoms with Crippen LogP contribution in [0.4, 0.5) is 0 Å². The standard InChI is InChI=1S/C10H12N4O4S/c15-4-1-18-10(7(17)6(4)16)14-3-13-5-8(14)11-2-12-9(5)19/h2-4,6-7,10,15-17H,1H2,(H,11,12,19)/t4-,6-,7+,10?/m1/s1. The summed E-state index contributed by atoms with van der Waals surface area (Å²) in [6.07, 6.45) is -1.64. The van der Waals surface area contributed by atoms with Crippen molar-refractivity contribution in [2.24, 2.45) is 0 Å². The van der Waals surface area contributed by atoms with E-state index in [9.17, 15) is 15.3 Å². The average molecular weight is 284 g/mol. The lowest BCUT2D eigenvalue weighted by Gasteiger charge is -2.35. The van der Waals surface area contributed by atoms with Crippen LogP contribution >= 0.6 is 12.2 Å². The summed E-state index contributed by atoms with van der Waals surface area (Å²) in [6, 6.07) is 0. The first-order valence-corrected chi connectivity index (χ1v) is 6.06. The van der Waals surface area contributed by atoms with E-state index >= 15 is 0 Å². The summed E-state index contributed by atoms with van der Waals surface area (Å²) >= 11 is 5.04. The highest BCUT2D eigenvalue weighted by Crippen LogP contribution is 2.26. The third-order valence-corrected chi connectivity index (χ3v) is 3.43. The predicted octanol–water partition coefficient (Wildman–Crippen LogP) is -0.900. The summed E-state index contributed by atoms with van der Waals surface area (Å²) in [5.41, 5.74) is 1.02. The first-order valence-electron chi connectivity index (χ1n) is 5.65. The molecular formula is C10H12N4O4S. The molecule has 2 aromatic heterocycles. The molecule has 1 aliphatic heterocycles. The Bertz CT molecular complexity index is 656. The molecule has 0 aliphatic carbocycles. The van der Waals surface area contributed by atoms with Crippen molar-refractivity contribution in [1.29, 1.82) is 0 Å². The summed E-state index contributed by atoms with van der Waals surface area (Å²) in [6.45, 7) is -0.0750. The van der Waals surface area contributed by atoms with E-state index in [1.54, 1.807) is 0 Å². The monoisotopic (exact) mass is 284 g/mol. The van der Waals surface area contributed by atoms with E-state index in [0.29, 0.717) is 15.8 Å². The van der Waals surface area contributed by atoms with E-state index in [4.69, 9.17) is 17.0 Å². The molecule has 0 bridgehead atoms. The van der Waals surface area contributed by atoms with Crippen molar-refractivity contribution in [2.45, 2.75) is 24.5 Å². The molecule has 0 radical (unpaired) electrons. The lowest BCUT2D eigenvalue weighted by Crippen LogP contribution is -2.50. The Hall–Kier alpha value is -1.39. The number of imidazole rings is 1. The zero-order valence-corrected chi connectivity index (χ0v) is 10.5. The van der Waals surface area contributed by atoms with Crippen molar-refractivity contribution < 1.29 is 20.1 Å². The molecule has 1 fully saturated rings. The zero-order chi connectivity index (χ0) is 13.6. The topological polar surface area (TPSA) is 116 Å². The predicted molar refractivity (Wildman–Crippen MR) is 65.7 cm³/mol. The number of hydrogen-bond donors (Lipinski definition) is 4. The minimum atomic E-state index is -1.28. The smallest absolute Gasteiger partial charge is 0.165 e. The van der Waals surface area contributed by atoms with Gasteiger partial charge in [-0.15, -0.1) is 0 Å². The van der Waals surface area contributed by atoms with Gasteiger partial charge in [-0.05, 0) is 0 Å². The van der Waals surface area contributed by atoms with E-state index in [1.807, 2.05) is 0 Å². The first-order chi connectivity index (χ1) is 9.09. The highest BCUT2D eigenvalue weighted by Gasteiger charge is 2.39. The molecule has 3 rings (SSSR count). The number of rotatable bonds is 1. The number of aliphatic hydroxyl groups excluding tert-OH is 3. The maximum absolute atomic E-state index is 9.97. The molecule has 0 saturated carbocycles. The van der Waals surface area contributed by atoms with Crippen LogP contribution in [0, 0.1) is 4.64 Å². The fourth-order valence-corrected chi connectivity index (χ4v) is 2.30. The number of aromatic nitrogens is 4. The number of aliphatic hydroxyl groups is 3. The van der Waals surface area contributed by atoms with Crippen molar-refractivity contribution in [1.82, 2.24) is 19.5 Å². The number of ether oxygens (including phenoxy) is 1. The Morgan fingerprint density at radius 2 is 2.11 bits per heavy atom. The number of H-pyrrole nitrogens is 1. The van der Waals surface area contributed by atoms with Crippen molar-refractivity contribution in [3.05, 3.63) is 17.3 Å². The van der Waals surface area contributed by atoms with Gasteiger partial charge in [0.05, 0.1) is 19.3 Å². The molecule has 3 heterocycles. The van der Waals surface area contributed by atoms with Crippen LogP contribution in [-0.4, -0.2) is 59.8 Å².